The molecule has 2 fully saturated rings. The molecule has 2 aliphatic heterocycles. The first-order valence-electron chi connectivity index (χ1n) is 12.5. The van der Waals surface area contributed by atoms with Crippen molar-refractivity contribution in [3.05, 3.63) is 23.3 Å². The van der Waals surface area contributed by atoms with Gasteiger partial charge in [-0.1, -0.05) is 13.8 Å². The molecule has 36 heavy (non-hydrogen) atoms. The molecule has 1 N–H and O–H groups in total. The third-order valence-electron chi connectivity index (χ3n) is 7.59. The highest BCUT2D eigenvalue weighted by atomic mass is 32.2. The van der Waals surface area contributed by atoms with Crippen molar-refractivity contribution >= 4 is 21.8 Å². The Morgan fingerprint density at radius 3 is 2.39 bits per heavy atom. The number of methoxy groups -OCH3 is 1. The van der Waals surface area contributed by atoms with E-state index in [0.29, 0.717) is 22.9 Å². The summed E-state index contributed by atoms with van der Waals surface area (Å²) in [5.41, 5.74) is 0.922. The zero-order valence-electron chi connectivity index (χ0n) is 21.7. The molecular weight excluding hydrogens is 486 g/mol. The van der Waals surface area contributed by atoms with Crippen LogP contribution in [0.2, 0.25) is 0 Å². The van der Waals surface area contributed by atoms with E-state index in [-0.39, 0.29) is 22.2 Å². The van der Waals surface area contributed by atoms with E-state index < -0.39 is 28.2 Å². The van der Waals surface area contributed by atoms with E-state index in [1.165, 1.54) is 25.0 Å². The Bertz CT molecular complexity index is 1110. The lowest BCUT2D eigenvalue weighted by molar-refractivity contribution is -0.240. The molecule has 10 nitrogen and oxygen atoms in total. The van der Waals surface area contributed by atoms with Crippen LogP contribution in [-0.4, -0.2) is 79.9 Å². The van der Waals surface area contributed by atoms with Gasteiger partial charge in [0.2, 0.25) is 0 Å². The first kappa shape index (κ1) is 26.7. The second-order valence-corrected chi connectivity index (χ2v) is 12.6. The molecule has 0 spiro atoms. The molecule has 200 valence electrons. The van der Waals surface area contributed by atoms with Gasteiger partial charge >= 0.3 is 12.6 Å². The SMILES string of the molecule is COc1cc(C)c(S(=O)(=O)CC2=NC(OC(=O)O)ON2C2CCC(N3CCCC3)CC2(C)C)c(C)c1. The Morgan fingerprint density at radius 2 is 1.83 bits per heavy atom. The molecule has 3 unspecified atom stereocenters. The Kier molecular flexibility index (Phi) is 7.55. The summed E-state index contributed by atoms with van der Waals surface area (Å²) >= 11 is 0. The van der Waals surface area contributed by atoms with Crippen LogP contribution in [-0.2, 0) is 19.4 Å². The highest BCUT2D eigenvalue weighted by molar-refractivity contribution is 7.92. The molecule has 3 atom stereocenters. The number of carboxylic acid groups (broad SMARTS) is 1. The van der Waals surface area contributed by atoms with Crippen molar-refractivity contribution in [1.29, 1.82) is 0 Å². The molecule has 11 heteroatoms. The molecule has 3 aliphatic rings. The maximum atomic E-state index is 13.6. The highest BCUT2D eigenvalue weighted by Gasteiger charge is 2.47. The van der Waals surface area contributed by atoms with Crippen LogP contribution in [0.15, 0.2) is 22.0 Å². The first-order valence-corrected chi connectivity index (χ1v) is 14.1. The van der Waals surface area contributed by atoms with Crippen molar-refractivity contribution in [3.63, 3.8) is 0 Å². The van der Waals surface area contributed by atoms with Crippen molar-refractivity contribution in [2.75, 3.05) is 26.0 Å². The minimum absolute atomic E-state index is 0.161. The molecule has 0 aromatic heterocycles. The van der Waals surface area contributed by atoms with Gasteiger partial charge in [0.15, 0.2) is 9.84 Å². The number of carbonyl (C=O) groups is 1. The quantitative estimate of drug-likeness (QED) is 0.533. The zero-order valence-corrected chi connectivity index (χ0v) is 22.5. The number of hydrogen-bond donors (Lipinski definition) is 1. The molecule has 0 amide bonds. The average molecular weight is 524 g/mol. The molecule has 1 saturated carbocycles. The Labute approximate surface area is 213 Å². The molecule has 1 aliphatic carbocycles. The number of nitrogens with zero attached hydrogens (tertiary/aromatic N) is 3. The second-order valence-electron chi connectivity index (χ2n) is 10.7. The van der Waals surface area contributed by atoms with E-state index in [2.05, 4.69) is 23.7 Å². The van der Waals surface area contributed by atoms with E-state index in [4.69, 9.17) is 19.4 Å². The van der Waals surface area contributed by atoms with Gasteiger partial charge in [0, 0.05) is 6.04 Å². The molecule has 1 aromatic carbocycles. The van der Waals surface area contributed by atoms with Gasteiger partial charge in [0.1, 0.15) is 17.3 Å². The van der Waals surface area contributed by atoms with Gasteiger partial charge < -0.3 is 19.5 Å². The van der Waals surface area contributed by atoms with Gasteiger partial charge in [-0.15, -0.1) is 0 Å². The molecule has 1 saturated heterocycles. The fraction of sp³-hybridized carbons (Fsp3) is 0.680. The molecule has 1 aromatic rings. The lowest BCUT2D eigenvalue weighted by atomic mass is 9.70. The zero-order chi connectivity index (χ0) is 26.3. The van der Waals surface area contributed by atoms with Crippen LogP contribution >= 0.6 is 0 Å². The van der Waals surface area contributed by atoms with Crippen molar-refractivity contribution in [2.45, 2.75) is 83.2 Å². The largest absolute Gasteiger partial charge is 0.509 e. The maximum Gasteiger partial charge on any atom is 0.509 e. The van der Waals surface area contributed by atoms with Crippen LogP contribution in [0.1, 0.15) is 57.1 Å². The summed E-state index contributed by atoms with van der Waals surface area (Å²) in [5.74, 6) is 0.315. The number of likely N-dealkylation sites (tertiary alicyclic amines) is 1. The summed E-state index contributed by atoms with van der Waals surface area (Å²) in [7, 11) is -2.30. The van der Waals surface area contributed by atoms with Gasteiger partial charge in [-0.25, -0.2) is 23.1 Å². The Hall–Kier alpha value is -2.37. The van der Waals surface area contributed by atoms with Crippen LogP contribution in [0.25, 0.3) is 0 Å². The summed E-state index contributed by atoms with van der Waals surface area (Å²) in [4.78, 5) is 24.0. The van der Waals surface area contributed by atoms with Crippen LogP contribution in [0.4, 0.5) is 4.79 Å². The summed E-state index contributed by atoms with van der Waals surface area (Å²) in [6, 6.07) is 3.67. The number of rotatable bonds is 7. The number of amidine groups is 1. The van der Waals surface area contributed by atoms with Gasteiger partial charge in [0.25, 0.3) is 0 Å². The number of sulfone groups is 1. The van der Waals surface area contributed by atoms with Crippen molar-refractivity contribution in [3.8, 4) is 5.75 Å². The monoisotopic (exact) mass is 523 g/mol. The van der Waals surface area contributed by atoms with Crippen LogP contribution in [0.5, 0.6) is 5.75 Å². The van der Waals surface area contributed by atoms with E-state index in [9.17, 15) is 13.2 Å². The molecular formula is C25H37N3O7S. The molecule has 2 heterocycles. The lowest BCUT2D eigenvalue weighted by Crippen LogP contribution is -2.54. The number of hydroxylamine groups is 2. The standard InChI is InChI=1S/C25H37N3O7S/c1-16-12-19(33-5)13-17(2)22(16)36(31,32)15-21-26-23(34-24(29)30)35-28(21)20-9-8-18(14-25(20,3)4)27-10-6-7-11-27/h12-13,18,20,23H,6-11,14-15H2,1-5H3,(H,29,30). The summed E-state index contributed by atoms with van der Waals surface area (Å²) in [5, 5.41) is 10.6. The minimum Gasteiger partial charge on any atom is -0.497 e. The number of aryl methyl sites for hydroxylation is 2. The summed E-state index contributed by atoms with van der Waals surface area (Å²) in [6.07, 6.45) is 2.14. The molecule has 4 rings (SSSR count). The molecule has 0 bridgehead atoms. The smallest absolute Gasteiger partial charge is 0.497 e. The van der Waals surface area contributed by atoms with E-state index >= 15 is 0 Å². The van der Waals surface area contributed by atoms with Gasteiger partial charge in [-0.3, -0.25) is 0 Å². The number of benzene rings is 1. The number of ether oxygens (including phenoxy) is 2. The van der Waals surface area contributed by atoms with Crippen molar-refractivity contribution < 1.29 is 32.6 Å². The van der Waals surface area contributed by atoms with Crippen molar-refractivity contribution in [1.82, 2.24) is 9.96 Å². The lowest BCUT2D eigenvalue weighted by Gasteiger charge is -2.48. The predicted molar refractivity (Wildman–Crippen MR) is 134 cm³/mol. The van der Waals surface area contributed by atoms with Crippen molar-refractivity contribution in [2.24, 2.45) is 10.4 Å². The minimum atomic E-state index is -3.83. The number of aliphatic imine (C=N–C) groups is 1. The maximum absolute atomic E-state index is 13.6. The Balaban J connectivity index is 1.61. The van der Waals surface area contributed by atoms with Gasteiger partial charge in [-0.05, 0) is 87.7 Å². The topological polar surface area (TPSA) is 118 Å². The van der Waals surface area contributed by atoms with Gasteiger partial charge in [-0.2, -0.15) is 4.99 Å². The normalized spacial score (nSPS) is 26.6. The fourth-order valence-electron chi connectivity index (χ4n) is 6.05. The predicted octanol–water partition coefficient (Wildman–Crippen LogP) is 3.75. The second kappa shape index (κ2) is 10.2. The fourth-order valence-corrected chi connectivity index (χ4v) is 7.83. The molecule has 0 radical (unpaired) electrons. The summed E-state index contributed by atoms with van der Waals surface area (Å²) < 4.78 is 37.3. The first-order chi connectivity index (χ1) is 16.9. The van der Waals surface area contributed by atoms with Gasteiger partial charge in [0.05, 0.1) is 18.0 Å². The van der Waals surface area contributed by atoms with E-state index in [1.807, 2.05) is 0 Å². The third kappa shape index (κ3) is 5.47. The van der Waals surface area contributed by atoms with Crippen LogP contribution in [0, 0.1) is 19.3 Å². The van der Waals surface area contributed by atoms with E-state index in [0.717, 1.165) is 32.4 Å². The Morgan fingerprint density at radius 1 is 1.19 bits per heavy atom. The van der Waals surface area contributed by atoms with Crippen LogP contribution in [0.3, 0.4) is 0 Å². The highest BCUT2D eigenvalue weighted by Crippen LogP contribution is 2.43. The third-order valence-corrected chi connectivity index (χ3v) is 9.50. The summed E-state index contributed by atoms with van der Waals surface area (Å²) in [6.45, 7) is 9.99. The van der Waals surface area contributed by atoms with Crippen LogP contribution < -0.4 is 4.74 Å². The van der Waals surface area contributed by atoms with E-state index in [1.54, 1.807) is 26.0 Å². The average Bonchev–Trinajstić information content (AvgIpc) is 3.42. The number of hydrogen-bond acceptors (Lipinski definition) is 9.